The largest absolute Gasteiger partial charge is 0.494 e. The van der Waals surface area contributed by atoms with Gasteiger partial charge in [-0.15, -0.1) is 0 Å². The summed E-state index contributed by atoms with van der Waals surface area (Å²) in [6.07, 6.45) is 22.3. The molecule has 0 amide bonds. The second kappa shape index (κ2) is 19.3. The minimum absolute atomic E-state index is 0.795. The third-order valence-electron chi connectivity index (χ3n) is 6.14. The Morgan fingerprint density at radius 3 is 1.39 bits per heavy atom. The van der Waals surface area contributed by atoms with Crippen molar-refractivity contribution in [1.82, 2.24) is 0 Å². The van der Waals surface area contributed by atoms with E-state index in [2.05, 4.69) is 17.2 Å². The lowest BCUT2D eigenvalue weighted by Crippen LogP contribution is -1.96. The fraction of sp³-hybridized carbons (Fsp3) is 0.600. The third-order valence-corrected chi connectivity index (χ3v) is 6.14. The molecule has 0 fully saturated rings. The molecule has 2 aromatic carbocycles. The number of unbranched alkanes of at least 4 members (excludes halogenated alkanes) is 15. The molecule has 33 heavy (non-hydrogen) atoms. The maximum Gasteiger partial charge on any atom is 0.119 e. The molecule has 3 nitrogen and oxygen atoms in total. The highest BCUT2D eigenvalue weighted by atomic mass is 16.5. The average Bonchev–Trinajstić information content (AvgIpc) is 2.86. The molecule has 0 atom stereocenters. The van der Waals surface area contributed by atoms with Gasteiger partial charge in [0.15, 0.2) is 0 Å². The van der Waals surface area contributed by atoms with E-state index in [-0.39, 0.29) is 0 Å². The Balaban J connectivity index is 1.37. The van der Waals surface area contributed by atoms with Crippen LogP contribution in [-0.2, 0) is 0 Å². The highest BCUT2D eigenvalue weighted by molar-refractivity contribution is 5.42. The van der Waals surface area contributed by atoms with Crippen molar-refractivity contribution >= 4 is 11.4 Å². The maximum absolute atomic E-state index is 5.87. The predicted octanol–water partition coefficient (Wildman–Crippen LogP) is 10.7. The zero-order valence-electron chi connectivity index (χ0n) is 21.0. The van der Waals surface area contributed by atoms with Crippen molar-refractivity contribution in [2.24, 2.45) is 10.2 Å². The highest BCUT2D eigenvalue weighted by Gasteiger charge is 1.97. The summed E-state index contributed by atoms with van der Waals surface area (Å²) in [4.78, 5) is 0. The summed E-state index contributed by atoms with van der Waals surface area (Å²) in [7, 11) is 0. The molecular weight excluding hydrogens is 404 g/mol. The van der Waals surface area contributed by atoms with Crippen molar-refractivity contribution in [2.75, 3.05) is 6.61 Å². The maximum atomic E-state index is 5.87. The van der Waals surface area contributed by atoms with Gasteiger partial charge >= 0.3 is 0 Å². The number of ether oxygens (including phenoxy) is 1. The van der Waals surface area contributed by atoms with Crippen LogP contribution in [0.1, 0.15) is 110 Å². The molecule has 3 heteroatoms. The van der Waals surface area contributed by atoms with Crippen LogP contribution < -0.4 is 4.74 Å². The van der Waals surface area contributed by atoms with Crippen molar-refractivity contribution < 1.29 is 4.74 Å². The Morgan fingerprint density at radius 1 is 0.485 bits per heavy atom. The summed E-state index contributed by atoms with van der Waals surface area (Å²) >= 11 is 0. The van der Waals surface area contributed by atoms with Gasteiger partial charge in [0.25, 0.3) is 0 Å². The van der Waals surface area contributed by atoms with Crippen LogP contribution in [0.25, 0.3) is 0 Å². The first-order chi connectivity index (χ1) is 16.4. The van der Waals surface area contributed by atoms with Crippen LogP contribution in [0.2, 0.25) is 0 Å². The number of nitrogens with zero attached hydrogens (tertiary/aromatic N) is 2. The normalized spacial score (nSPS) is 11.3. The van der Waals surface area contributed by atoms with E-state index in [4.69, 9.17) is 4.74 Å². The molecule has 0 aliphatic carbocycles. The fourth-order valence-corrected chi connectivity index (χ4v) is 4.06. The molecule has 2 aromatic rings. The van der Waals surface area contributed by atoms with E-state index in [9.17, 15) is 0 Å². The Morgan fingerprint density at radius 2 is 0.909 bits per heavy atom. The van der Waals surface area contributed by atoms with Gasteiger partial charge < -0.3 is 4.74 Å². The molecule has 0 heterocycles. The van der Waals surface area contributed by atoms with Gasteiger partial charge in [-0.2, -0.15) is 10.2 Å². The molecule has 0 spiro atoms. The lowest BCUT2D eigenvalue weighted by molar-refractivity contribution is 0.304. The van der Waals surface area contributed by atoms with Crippen LogP contribution in [0.15, 0.2) is 64.8 Å². The summed E-state index contributed by atoms with van der Waals surface area (Å²) in [5, 5.41) is 8.51. The number of benzene rings is 2. The van der Waals surface area contributed by atoms with Gasteiger partial charge in [0, 0.05) is 0 Å². The standard InChI is InChI=1S/C30H46N2O/c1-2-3-4-5-6-7-8-9-10-11-12-13-14-15-16-20-27-33-30-25-23-29(24-26-30)32-31-28-21-18-17-19-22-28/h17-19,21-26H,2-16,20,27H2,1H3. The lowest BCUT2D eigenvalue weighted by atomic mass is 10.0. The van der Waals surface area contributed by atoms with E-state index < -0.39 is 0 Å². The molecule has 0 aromatic heterocycles. The molecule has 0 unspecified atom stereocenters. The average molecular weight is 451 g/mol. The molecule has 182 valence electrons. The minimum atomic E-state index is 0.795. The first-order valence-corrected chi connectivity index (χ1v) is 13.6. The van der Waals surface area contributed by atoms with Crippen LogP contribution in [0, 0.1) is 0 Å². The lowest BCUT2D eigenvalue weighted by Gasteiger charge is -2.06. The van der Waals surface area contributed by atoms with Gasteiger partial charge in [0.05, 0.1) is 18.0 Å². The van der Waals surface area contributed by atoms with Gasteiger partial charge in [0.1, 0.15) is 5.75 Å². The van der Waals surface area contributed by atoms with E-state index in [0.717, 1.165) is 30.2 Å². The first kappa shape index (κ1) is 27.1. The monoisotopic (exact) mass is 450 g/mol. The molecule has 0 aliphatic rings. The molecule has 0 saturated heterocycles. The van der Waals surface area contributed by atoms with Crippen LogP contribution in [0.5, 0.6) is 5.75 Å². The number of hydrogen-bond acceptors (Lipinski definition) is 3. The highest BCUT2D eigenvalue weighted by Crippen LogP contribution is 2.21. The van der Waals surface area contributed by atoms with Gasteiger partial charge in [-0.25, -0.2) is 0 Å². The van der Waals surface area contributed by atoms with Crippen LogP contribution >= 0.6 is 0 Å². The number of hydrogen-bond donors (Lipinski definition) is 0. The predicted molar refractivity (Wildman–Crippen MR) is 142 cm³/mol. The topological polar surface area (TPSA) is 34.0 Å². The summed E-state index contributed by atoms with van der Waals surface area (Å²) < 4.78 is 5.87. The second-order valence-corrected chi connectivity index (χ2v) is 9.18. The fourth-order valence-electron chi connectivity index (χ4n) is 4.06. The van der Waals surface area contributed by atoms with Crippen LogP contribution in [-0.4, -0.2) is 6.61 Å². The molecule has 0 N–H and O–H groups in total. The summed E-state index contributed by atoms with van der Waals surface area (Å²) in [5.41, 5.74) is 1.70. The number of azo groups is 1. The zero-order chi connectivity index (χ0) is 23.2. The van der Waals surface area contributed by atoms with E-state index in [1.807, 2.05) is 54.6 Å². The molecule has 0 aliphatic heterocycles. The van der Waals surface area contributed by atoms with Gasteiger partial charge in [0.2, 0.25) is 0 Å². The van der Waals surface area contributed by atoms with E-state index >= 15 is 0 Å². The quantitative estimate of drug-likeness (QED) is 0.146. The van der Waals surface area contributed by atoms with Crippen molar-refractivity contribution in [1.29, 1.82) is 0 Å². The SMILES string of the molecule is CCCCCCCCCCCCCCCCCCOc1ccc(N=Nc2ccccc2)cc1. The van der Waals surface area contributed by atoms with E-state index in [0.29, 0.717) is 0 Å². The Labute approximate surface area is 203 Å². The third kappa shape index (κ3) is 14.6. The van der Waals surface area contributed by atoms with Crippen molar-refractivity contribution in [2.45, 2.75) is 110 Å². The summed E-state index contributed by atoms with van der Waals surface area (Å²) in [6.45, 7) is 3.08. The minimum Gasteiger partial charge on any atom is -0.494 e. The number of rotatable bonds is 20. The molecule has 0 saturated carbocycles. The molecule has 0 bridgehead atoms. The summed E-state index contributed by atoms with van der Waals surface area (Å²) in [6, 6.07) is 17.7. The van der Waals surface area contributed by atoms with Crippen LogP contribution in [0.4, 0.5) is 11.4 Å². The molecular formula is C30H46N2O. The smallest absolute Gasteiger partial charge is 0.119 e. The second-order valence-electron chi connectivity index (χ2n) is 9.18. The summed E-state index contributed by atoms with van der Waals surface area (Å²) in [5.74, 6) is 0.912. The Bertz CT molecular complexity index is 712. The molecule has 0 radical (unpaired) electrons. The van der Waals surface area contributed by atoms with Gasteiger partial charge in [-0.05, 0) is 42.8 Å². The Kier molecular flexibility index (Phi) is 15.9. The Hall–Kier alpha value is -2.16. The van der Waals surface area contributed by atoms with Gasteiger partial charge in [-0.1, -0.05) is 121 Å². The van der Waals surface area contributed by atoms with E-state index in [1.54, 1.807) is 0 Å². The molecule has 2 rings (SSSR count). The van der Waals surface area contributed by atoms with Crippen molar-refractivity contribution in [3.8, 4) is 5.75 Å². The van der Waals surface area contributed by atoms with Crippen LogP contribution in [0.3, 0.4) is 0 Å². The van der Waals surface area contributed by atoms with Crippen molar-refractivity contribution in [3.63, 3.8) is 0 Å². The zero-order valence-corrected chi connectivity index (χ0v) is 21.0. The first-order valence-electron chi connectivity index (χ1n) is 13.6. The van der Waals surface area contributed by atoms with Gasteiger partial charge in [-0.3, -0.25) is 0 Å². The van der Waals surface area contributed by atoms with Crippen molar-refractivity contribution in [3.05, 3.63) is 54.6 Å². The van der Waals surface area contributed by atoms with E-state index in [1.165, 1.54) is 96.3 Å².